The van der Waals surface area contributed by atoms with Gasteiger partial charge in [0.2, 0.25) is 0 Å². The van der Waals surface area contributed by atoms with Crippen molar-refractivity contribution in [3.05, 3.63) is 0 Å². The highest BCUT2D eigenvalue weighted by atomic mass is 32.2. The van der Waals surface area contributed by atoms with Gasteiger partial charge in [-0.1, -0.05) is 26.7 Å². The Balaban J connectivity index is 1.84. The third-order valence-corrected chi connectivity index (χ3v) is 5.59. The smallest absolute Gasteiger partial charge is 0.0787 e. The molecule has 2 rings (SSSR count). The summed E-state index contributed by atoms with van der Waals surface area (Å²) in [6.45, 7) is 5.52. The maximum atomic E-state index is 10.5. The van der Waals surface area contributed by atoms with E-state index in [0.29, 0.717) is 11.5 Å². The van der Waals surface area contributed by atoms with Gasteiger partial charge in [0.15, 0.2) is 0 Å². The molecule has 0 spiro atoms. The molecule has 2 fully saturated rings. The minimum atomic E-state index is -0.432. The summed E-state index contributed by atoms with van der Waals surface area (Å²) in [5.74, 6) is 2.23. The lowest BCUT2D eigenvalue weighted by Crippen LogP contribution is -2.51. The molecule has 1 aliphatic heterocycles. The van der Waals surface area contributed by atoms with E-state index in [2.05, 4.69) is 19.2 Å². The SMILES string of the molecule is CC1(C)CCCCC1NCC1(O)CCSCC1. The normalized spacial score (nSPS) is 32.3. The fraction of sp³-hybridized carbons (Fsp3) is 1.00. The summed E-state index contributed by atoms with van der Waals surface area (Å²) in [7, 11) is 0. The summed E-state index contributed by atoms with van der Waals surface area (Å²) in [6.07, 6.45) is 7.22. The summed E-state index contributed by atoms with van der Waals surface area (Å²) in [5.41, 5.74) is -0.0309. The molecule has 0 radical (unpaired) electrons. The van der Waals surface area contributed by atoms with Crippen LogP contribution in [0.4, 0.5) is 0 Å². The van der Waals surface area contributed by atoms with E-state index >= 15 is 0 Å². The van der Waals surface area contributed by atoms with E-state index in [1.54, 1.807) is 0 Å². The Labute approximate surface area is 110 Å². The second-order valence-electron chi connectivity index (χ2n) is 6.50. The minimum Gasteiger partial charge on any atom is -0.389 e. The molecule has 0 amide bonds. The lowest BCUT2D eigenvalue weighted by Gasteiger charge is -2.42. The first kappa shape index (κ1) is 13.7. The largest absolute Gasteiger partial charge is 0.389 e. The van der Waals surface area contributed by atoms with Gasteiger partial charge in [0.25, 0.3) is 0 Å². The van der Waals surface area contributed by atoms with Crippen LogP contribution in [0.2, 0.25) is 0 Å². The summed E-state index contributed by atoms with van der Waals surface area (Å²) in [6, 6.07) is 0.592. The van der Waals surface area contributed by atoms with Crippen LogP contribution in [-0.2, 0) is 0 Å². The second kappa shape index (κ2) is 5.50. The van der Waals surface area contributed by atoms with Crippen molar-refractivity contribution in [2.75, 3.05) is 18.1 Å². The van der Waals surface area contributed by atoms with Gasteiger partial charge in [0.1, 0.15) is 0 Å². The van der Waals surface area contributed by atoms with Crippen LogP contribution in [0.1, 0.15) is 52.4 Å². The Hall–Kier alpha value is 0.270. The molecule has 1 heterocycles. The topological polar surface area (TPSA) is 32.3 Å². The lowest BCUT2D eigenvalue weighted by molar-refractivity contribution is 0.0211. The Kier molecular flexibility index (Phi) is 4.43. The van der Waals surface area contributed by atoms with E-state index in [4.69, 9.17) is 0 Å². The van der Waals surface area contributed by atoms with Crippen molar-refractivity contribution in [1.29, 1.82) is 0 Å². The molecule has 1 saturated heterocycles. The molecule has 17 heavy (non-hydrogen) atoms. The zero-order valence-corrected chi connectivity index (χ0v) is 12.1. The average molecular weight is 257 g/mol. The molecule has 100 valence electrons. The van der Waals surface area contributed by atoms with Crippen LogP contribution >= 0.6 is 11.8 Å². The van der Waals surface area contributed by atoms with Crippen molar-refractivity contribution in [3.63, 3.8) is 0 Å². The van der Waals surface area contributed by atoms with Gasteiger partial charge < -0.3 is 10.4 Å². The quantitative estimate of drug-likeness (QED) is 0.815. The van der Waals surface area contributed by atoms with E-state index in [-0.39, 0.29) is 0 Å². The van der Waals surface area contributed by atoms with Crippen LogP contribution in [-0.4, -0.2) is 34.8 Å². The fourth-order valence-corrected chi connectivity index (χ4v) is 4.37. The molecule has 2 N–H and O–H groups in total. The van der Waals surface area contributed by atoms with Crippen molar-refractivity contribution in [1.82, 2.24) is 5.32 Å². The molecule has 1 aliphatic carbocycles. The monoisotopic (exact) mass is 257 g/mol. The van der Waals surface area contributed by atoms with Gasteiger partial charge in [-0.15, -0.1) is 0 Å². The molecule has 0 aromatic rings. The zero-order valence-electron chi connectivity index (χ0n) is 11.3. The van der Waals surface area contributed by atoms with E-state index in [0.717, 1.165) is 30.9 Å². The Morgan fingerprint density at radius 3 is 2.53 bits per heavy atom. The van der Waals surface area contributed by atoms with Crippen molar-refractivity contribution < 1.29 is 5.11 Å². The summed E-state index contributed by atoms with van der Waals surface area (Å²) in [4.78, 5) is 0. The summed E-state index contributed by atoms with van der Waals surface area (Å²) in [5, 5.41) is 14.2. The Bertz CT molecular complexity index is 249. The number of nitrogens with one attached hydrogen (secondary N) is 1. The molecule has 1 unspecified atom stereocenters. The van der Waals surface area contributed by atoms with Gasteiger partial charge in [0.05, 0.1) is 5.60 Å². The van der Waals surface area contributed by atoms with Crippen LogP contribution < -0.4 is 5.32 Å². The van der Waals surface area contributed by atoms with Gasteiger partial charge in [-0.05, 0) is 42.6 Å². The summed E-state index contributed by atoms with van der Waals surface area (Å²) < 4.78 is 0. The highest BCUT2D eigenvalue weighted by molar-refractivity contribution is 7.99. The van der Waals surface area contributed by atoms with Gasteiger partial charge in [-0.2, -0.15) is 11.8 Å². The van der Waals surface area contributed by atoms with Crippen LogP contribution in [0.5, 0.6) is 0 Å². The molecule has 0 bridgehead atoms. The third kappa shape index (κ3) is 3.62. The van der Waals surface area contributed by atoms with E-state index in [1.165, 1.54) is 25.7 Å². The predicted molar refractivity (Wildman–Crippen MR) is 75.5 cm³/mol. The van der Waals surface area contributed by atoms with Crippen LogP contribution in [0.3, 0.4) is 0 Å². The fourth-order valence-electron chi connectivity index (χ4n) is 3.11. The average Bonchev–Trinajstić information content (AvgIpc) is 2.28. The van der Waals surface area contributed by atoms with Crippen molar-refractivity contribution in [2.24, 2.45) is 5.41 Å². The first-order valence-corrected chi connectivity index (χ1v) is 8.21. The number of rotatable bonds is 3. The number of hydrogen-bond acceptors (Lipinski definition) is 3. The third-order valence-electron chi connectivity index (χ3n) is 4.61. The maximum Gasteiger partial charge on any atom is 0.0787 e. The summed E-state index contributed by atoms with van der Waals surface area (Å²) >= 11 is 1.97. The van der Waals surface area contributed by atoms with E-state index in [9.17, 15) is 5.11 Å². The predicted octanol–water partition coefficient (Wildman–Crippen LogP) is 2.80. The second-order valence-corrected chi connectivity index (χ2v) is 7.73. The molecule has 0 aromatic carbocycles. The van der Waals surface area contributed by atoms with Gasteiger partial charge in [0, 0.05) is 12.6 Å². The van der Waals surface area contributed by atoms with E-state index < -0.39 is 5.60 Å². The van der Waals surface area contributed by atoms with Crippen molar-refractivity contribution in [2.45, 2.75) is 64.0 Å². The molecular formula is C14H27NOS. The number of thioether (sulfide) groups is 1. The van der Waals surface area contributed by atoms with Crippen molar-refractivity contribution >= 4 is 11.8 Å². The van der Waals surface area contributed by atoms with E-state index in [1.807, 2.05) is 11.8 Å². The van der Waals surface area contributed by atoms with Crippen molar-refractivity contribution in [3.8, 4) is 0 Å². The first-order chi connectivity index (χ1) is 8.02. The van der Waals surface area contributed by atoms with Gasteiger partial charge in [-0.25, -0.2) is 0 Å². The molecule has 2 aliphatic rings. The molecule has 1 saturated carbocycles. The van der Waals surface area contributed by atoms with Gasteiger partial charge >= 0.3 is 0 Å². The zero-order chi connectivity index (χ0) is 12.4. The number of aliphatic hydroxyl groups is 1. The molecule has 1 atom stereocenters. The highest BCUT2D eigenvalue weighted by Gasteiger charge is 2.35. The molecule has 2 nitrogen and oxygen atoms in total. The Morgan fingerprint density at radius 1 is 1.18 bits per heavy atom. The maximum absolute atomic E-state index is 10.5. The molecule has 0 aromatic heterocycles. The molecular weight excluding hydrogens is 230 g/mol. The van der Waals surface area contributed by atoms with Crippen LogP contribution in [0, 0.1) is 5.41 Å². The van der Waals surface area contributed by atoms with Crippen LogP contribution in [0.15, 0.2) is 0 Å². The first-order valence-electron chi connectivity index (χ1n) is 7.05. The lowest BCUT2D eigenvalue weighted by atomic mass is 9.73. The standard InChI is InChI=1S/C14H27NOS/c1-13(2)6-4-3-5-12(13)15-11-14(16)7-9-17-10-8-14/h12,15-16H,3-11H2,1-2H3. The van der Waals surface area contributed by atoms with Crippen LogP contribution in [0.25, 0.3) is 0 Å². The molecule has 3 heteroatoms. The minimum absolute atomic E-state index is 0.401. The number of hydrogen-bond donors (Lipinski definition) is 2. The Morgan fingerprint density at radius 2 is 1.88 bits per heavy atom. The van der Waals surface area contributed by atoms with Gasteiger partial charge in [-0.3, -0.25) is 0 Å². The highest BCUT2D eigenvalue weighted by Crippen LogP contribution is 2.36.